The van der Waals surface area contributed by atoms with Crippen molar-refractivity contribution < 1.29 is 33.4 Å². The van der Waals surface area contributed by atoms with Crippen LogP contribution in [0.25, 0.3) is 0 Å². The molecule has 1 fully saturated rings. The highest BCUT2D eigenvalue weighted by molar-refractivity contribution is 8.01. The molecule has 0 spiro atoms. The lowest BCUT2D eigenvalue weighted by molar-refractivity contribution is -0.151. The second kappa shape index (κ2) is 10.9. The number of nitrogens with one attached hydrogen (secondary N) is 1. The monoisotopic (exact) mass is 446 g/mol. The van der Waals surface area contributed by atoms with Crippen molar-refractivity contribution in [2.24, 2.45) is 0 Å². The van der Waals surface area contributed by atoms with E-state index in [1.807, 2.05) is 0 Å². The predicted molar refractivity (Wildman–Crippen MR) is 113 cm³/mol. The van der Waals surface area contributed by atoms with Crippen molar-refractivity contribution in [3.05, 3.63) is 0 Å². The van der Waals surface area contributed by atoms with Gasteiger partial charge in [-0.1, -0.05) is 0 Å². The predicted octanol–water partition coefficient (Wildman–Crippen LogP) is 2.12. The molecule has 1 rings (SSSR count). The van der Waals surface area contributed by atoms with Gasteiger partial charge in [0.1, 0.15) is 17.7 Å². The van der Waals surface area contributed by atoms with Crippen LogP contribution in [0.5, 0.6) is 0 Å². The largest absolute Gasteiger partial charge is 0.467 e. The summed E-state index contributed by atoms with van der Waals surface area (Å²) >= 11 is 1.19. The molecule has 0 aliphatic carbocycles. The van der Waals surface area contributed by atoms with E-state index in [4.69, 9.17) is 14.2 Å². The third-order valence-electron chi connectivity index (χ3n) is 4.47. The van der Waals surface area contributed by atoms with E-state index in [9.17, 15) is 19.2 Å². The number of ether oxygens (including phenoxy) is 3. The number of hydrogen-bond acceptors (Lipinski definition) is 8. The fourth-order valence-electron chi connectivity index (χ4n) is 3.10. The van der Waals surface area contributed by atoms with Crippen molar-refractivity contribution >= 4 is 35.7 Å². The van der Waals surface area contributed by atoms with E-state index < -0.39 is 46.4 Å². The summed E-state index contributed by atoms with van der Waals surface area (Å²) in [5.41, 5.74) is -0.622. The SMILES string of the molecule is CCOC(=O)NC(C(=O)N1CCC[C@H]1C(=O)OC)C(C)(C)SCC(=O)OC(C)(C)C. The molecule has 1 saturated heterocycles. The molecule has 0 aromatic rings. The second-order valence-corrected chi connectivity index (χ2v) is 10.1. The summed E-state index contributed by atoms with van der Waals surface area (Å²) < 4.78 is 14.2. The van der Waals surface area contributed by atoms with Gasteiger partial charge in [-0.25, -0.2) is 9.59 Å². The summed E-state index contributed by atoms with van der Waals surface area (Å²) in [6.07, 6.45) is 0.412. The maximum Gasteiger partial charge on any atom is 0.407 e. The van der Waals surface area contributed by atoms with Crippen molar-refractivity contribution in [1.29, 1.82) is 0 Å². The van der Waals surface area contributed by atoms with Gasteiger partial charge in [-0.15, -0.1) is 11.8 Å². The van der Waals surface area contributed by atoms with Crippen LogP contribution in [0.3, 0.4) is 0 Å². The molecule has 10 heteroatoms. The summed E-state index contributed by atoms with van der Waals surface area (Å²) in [6.45, 7) is 11.0. The fraction of sp³-hybridized carbons (Fsp3) is 0.800. The number of hydrogen-bond donors (Lipinski definition) is 1. The van der Waals surface area contributed by atoms with Gasteiger partial charge in [-0.2, -0.15) is 0 Å². The van der Waals surface area contributed by atoms with Crippen LogP contribution >= 0.6 is 11.8 Å². The molecule has 1 unspecified atom stereocenters. The average molecular weight is 447 g/mol. The van der Waals surface area contributed by atoms with Gasteiger partial charge in [0.15, 0.2) is 0 Å². The van der Waals surface area contributed by atoms with Crippen LogP contribution in [0.1, 0.15) is 54.4 Å². The standard InChI is InChI=1S/C20H34N2O7S/c1-8-28-18(26)21-15(16(24)22-11-9-10-13(22)17(25)27-7)20(5,6)30-12-14(23)29-19(2,3)4/h13,15H,8-12H2,1-7H3,(H,21,26)/t13-,15?/m0/s1. The zero-order valence-corrected chi connectivity index (χ0v) is 19.7. The molecule has 0 aromatic carbocycles. The molecule has 1 aliphatic rings. The molecule has 30 heavy (non-hydrogen) atoms. The number of methoxy groups -OCH3 is 1. The summed E-state index contributed by atoms with van der Waals surface area (Å²) in [6, 6.07) is -1.71. The summed E-state index contributed by atoms with van der Waals surface area (Å²) in [7, 11) is 1.28. The Morgan fingerprint density at radius 3 is 2.33 bits per heavy atom. The highest BCUT2D eigenvalue weighted by Crippen LogP contribution is 2.32. The van der Waals surface area contributed by atoms with Crippen molar-refractivity contribution in [3.63, 3.8) is 0 Å². The number of carbonyl (C=O) groups excluding carboxylic acids is 4. The van der Waals surface area contributed by atoms with E-state index in [0.717, 1.165) is 0 Å². The molecule has 0 aromatic heterocycles. The van der Waals surface area contributed by atoms with E-state index in [0.29, 0.717) is 19.4 Å². The van der Waals surface area contributed by atoms with Crippen LogP contribution < -0.4 is 5.32 Å². The number of amides is 2. The summed E-state index contributed by atoms with van der Waals surface area (Å²) in [5, 5.41) is 2.61. The van der Waals surface area contributed by atoms with Gasteiger partial charge in [-0.05, 0) is 54.4 Å². The Morgan fingerprint density at radius 2 is 1.80 bits per heavy atom. The fourth-order valence-corrected chi connectivity index (χ4v) is 3.98. The van der Waals surface area contributed by atoms with Gasteiger partial charge in [0.05, 0.1) is 19.5 Å². The molecule has 9 nitrogen and oxygen atoms in total. The molecule has 1 N–H and O–H groups in total. The van der Waals surface area contributed by atoms with E-state index in [1.54, 1.807) is 41.5 Å². The third kappa shape index (κ3) is 7.70. The van der Waals surface area contributed by atoms with Crippen LogP contribution in [0.15, 0.2) is 0 Å². The lowest BCUT2D eigenvalue weighted by Gasteiger charge is -2.36. The van der Waals surface area contributed by atoms with Crippen LogP contribution in [0, 0.1) is 0 Å². The number of likely N-dealkylation sites (tertiary alicyclic amines) is 1. The Balaban J connectivity index is 3.02. The minimum absolute atomic E-state index is 0.00101. The number of alkyl carbamates (subject to hydrolysis) is 1. The minimum atomic E-state index is -1.02. The van der Waals surface area contributed by atoms with Gasteiger partial charge in [-0.3, -0.25) is 9.59 Å². The zero-order chi connectivity index (χ0) is 23.1. The van der Waals surface area contributed by atoms with Crippen molar-refractivity contribution in [2.75, 3.05) is 26.0 Å². The van der Waals surface area contributed by atoms with Gasteiger partial charge < -0.3 is 24.4 Å². The Morgan fingerprint density at radius 1 is 1.17 bits per heavy atom. The first-order chi connectivity index (χ1) is 13.8. The number of nitrogens with zero attached hydrogens (tertiary/aromatic N) is 1. The van der Waals surface area contributed by atoms with Gasteiger partial charge >= 0.3 is 18.0 Å². The molecule has 0 radical (unpaired) electrons. The molecule has 172 valence electrons. The van der Waals surface area contributed by atoms with E-state index >= 15 is 0 Å². The van der Waals surface area contributed by atoms with Crippen molar-refractivity contribution in [3.8, 4) is 0 Å². The van der Waals surface area contributed by atoms with Crippen molar-refractivity contribution in [1.82, 2.24) is 10.2 Å². The average Bonchev–Trinajstić information content (AvgIpc) is 3.12. The molecule has 0 bridgehead atoms. The van der Waals surface area contributed by atoms with Crippen molar-refractivity contribution in [2.45, 2.75) is 76.8 Å². The number of esters is 2. The topological polar surface area (TPSA) is 111 Å². The Hall–Kier alpha value is -1.97. The Labute approximate surface area is 182 Å². The van der Waals surface area contributed by atoms with E-state index in [-0.39, 0.29) is 12.4 Å². The maximum absolute atomic E-state index is 13.4. The molecule has 1 heterocycles. The Bertz CT molecular complexity index is 646. The first-order valence-corrected chi connectivity index (χ1v) is 11.0. The molecule has 0 saturated carbocycles. The molecule has 2 atom stereocenters. The van der Waals surface area contributed by atoms with Gasteiger partial charge in [0, 0.05) is 11.3 Å². The van der Waals surface area contributed by atoms with E-state index in [2.05, 4.69) is 5.32 Å². The molecular formula is C20H34N2O7S. The summed E-state index contributed by atoms with van der Waals surface area (Å²) in [4.78, 5) is 51.1. The quantitative estimate of drug-likeness (QED) is 0.446. The number of rotatable bonds is 8. The minimum Gasteiger partial charge on any atom is -0.467 e. The molecular weight excluding hydrogens is 412 g/mol. The number of thioether (sulfide) groups is 1. The van der Waals surface area contributed by atoms with Gasteiger partial charge in [0.2, 0.25) is 5.91 Å². The first-order valence-electron chi connectivity index (χ1n) is 9.99. The van der Waals surface area contributed by atoms with Crippen LogP contribution in [-0.4, -0.2) is 77.3 Å². The molecule has 2 amide bonds. The summed E-state index contributed by atoms with van der Waals surface area (Å²) in [5.74, 6) is -1.33. The number of carbonyl (C=O) groups is 4. The third-order valence-corrected chi connectivity index (χ3v) is 5.83. The lowest BCUT2D eigenvalue weighted by atomic mass is 10.0. The van der Waals surface area contributed by atoms with Crippen LogP contribution in [0.4, 0.5) is 4.79 Å². The highest BCUT2D eigenvalue weighted by Gasteiger charge is 2.44. The van der Waals surface area contributed by atoms with Crippen LogP contribution in [-0.2, 0) is 28.6 Å². The normalized spacial score (nSPS) is 17.8. The first kappa shape index (κ1) is 26.1. The van der Waals surface area contributed by atoms with Crippen LogP contribution in [0.2, 0.25) is 0 Å². The highest BCUT2D eigenvalue weighted by atomic mass is 32.2. The van der Waals surface area contributed by atoms with E-state index in [1.165, 1.54) is 23.8 Å². The molecule has 1 aliphatic heterocycles. The maximum atomic E-state index is 13.4. The zero-order valence-electron chi connectivity index (χ0n) is 18.9. The Kier molecular flexibility index (Phi) is 9.45. The smallest absolute Gasteiger partial charge is 0.407 e. The lowest BCUT2D eigenvalue weighted by Crippen LogP contribution is -2.59. The van der Waals surface area contributed by atoms with Gasteiger partial charge in [0.25, 0.3) is 0 Å². The second-order valence-electron chi connectivity index (χ2n) is 8.49.